The molecule has 0 spiro atoms. The number of rotatable bonds is 5. The monoisotopic (exact) mass is 372 g/mol. The third-order valence-electron chi connectivity index (χ3n) is 4.18. The summed E-state index contributed by atoms with van der Waals surface area (Å²) in [5.41, 5.74) is 1.55. The molecule has 3 rings (SSSR count). The Balaban J connectivity index is 1.65. The van der Waals surface area contributed by atoms with E-state index in [1.165, 1.54) is 17.4 Å². The van der Waals surface area contributed by atoms with Gasteiger partial charge in [0.1, 0.15) is 21.7 Å². The molecule has 1 saturated heterocycles. The number of benzene rings is 1. The largest absolute Gasteiger partial charge is 0.507 e. The van der Waals surface area contributed by atoms with Crippen molar-refractivity contribution in [1.29, 1.82) is 5.26 Å². The molecular weight excluding hydrogens is 352 g/mol. The van der Waals surface area contributed by atoms with E-state index in [9.17, 15) is 9.90 Å². The Labute approximate surface area is 155 Å². The number of hydrogen-bond acceptors (Lipinski definition) is 7. The summed E-state index contributed by atoms with van der Waals surface area (Å²) in [7, 11) is 0. The van der Waals surface area contributed by atoms with Crippen LogP contribution in [0.4, 0.5) is 0 Å². The maximum Gasteiger partial charge on any atom is 0.263 e. The molecule has 0 atom stereocenters. The maximum absolute atomic E-state index is 12.5. The van der Waals surface area contributed by atoms with Crippen LogP contribution in [0.3, 0.4) is 0 Å². The zero-order chi connectivity index (χ0) is 18.5. The molecule has 0 saturated carbocycles. The fourth-order valence-electron chi connectivity index (χ4n) is 2.72. The van der Waals surface area contributed by atoms with E-state index in [-0.39, 0.29) is 17.2 Å². The van der Waals surface area contributed by atoms with E-state index in [4.69, 9.17) is 10.00 Å². The van der Waals surface area contributed by atoms with Gasteiger partial charge in [-0.1, -0.05) is 0 Å². The molecule has 1 aliphatic heterocycles. The van der Waals surface area contributed by atoms with Crippen LogP contribution in [0.25, 0.3) is 10.6 Å². The van der Waals surface area contributed by atoms with Crippen molar-refractivity contribution in [3.05, 3.63) is 34.3 Å². The highest BCUT2D eigenvalue weighted by atomic mass is 32.1. The lowest BCUT2D eigenvalue weighted by Crippen LogP contribution is -2.41. The first-order valence-electron chi connectivity index (χ1n) is 8.37. The van der Waals surface area contributed by atoms with E-state index in [1.54, 1.807) is 19.1 Å². The summed E-state index contributed by atoms with van der Waals surface area (Å²) in [5.74, 6) is -0.204. The highest BCUT2D eigenvalue weighted by Gasteiger charge is 2.17. The molecule has 1 aromatic heterocycles. The predicted octanol–water partition coefficient (Wildman–Crippen LogP) is 1.76. The summed E-state index contributed by atoms with van der Waals surface area (Å²) in [6.07, 6.45) is 0. The minimum Gasteiger partial charge on any atom is -0.507 e. The Morgan fingerprint density at radius 3 is 2.96 bits per heavy atom. The van der Waals surface area contributed by atoms with Crippen molar-refractivity contribution < 1.29 is 14.6 Å². The van der Waals surface area contributed by atoms with E-state index in [2.05, 4.69) is 15.2 Å². The van der Waals surface area contributed by atoms with Gasteiger partial charge in [-0.2, -0.15) is 5.26 Å². The number of phenolic OH excluding ortho intramolecular Hbond substituents is 1. The number of aryl methyl sites for hydroxylation is 1. The van der Waals surface area contributed by atoms with Gasteiger partial charge in [0.05, 0.1) is 24.5 Å². The average Bonchev–Trinajstić information content (AvgIpc) is 3.05. The number of ether oxygens (including phenoxy) is 1. The molecule has 2 N–H and O–H groups in total. The first-order chi connectivity index (χ1) is 12.6. The molecule has 0 radical (unpaired) electrons. The van der Waals surface area contributed by atoms with Crippen molar-refractivity contribution in [2.24, 2.45) is 0 Å². The van der Waals surface area contributed by atoms with Crippen LogP contribution in [0.5, 0.6) is 5.75 Å². The molecule has 1 aliphatic rings. The number of carbonyl (C=O) groups excluding carboxylic acids is 1. The Bertz CT molecular complexity index is 837. The van der Waals surface area contributed by atoms with Gasteiger partial charge >= 0.3 is 0 Å². The minimum atomic E-state index is -0.140. The summed E-state index contributed by atoms with van der Waals surface area (Å²) in [4.78, 5) is 19.7. The van der Waals surface area contributed by atoms with Gasteiger partial charge in [0, 0.05) is 31.7 Å². The molecule has 1 aromatic carbocycles. The summed E-state index contributed by atoms with van der Waals surface area (Å²) >= 11 is 1.28. The second kappa shape index (κ2) is 8.27. The molecule has 26 heavy (non-hydrogen) atoms. The number of thiazole rings is 1. The second-order valence-corrected chi connectivity index (χ2v) is 6.99. The molecule has 0 bridgehead atoms. The summed E-state index contributed by atoms with van der Waals surface area (Å²) in [5, 5.41) is 22.2. The number of morpholine rings is 1. The lowest BCUT2D eigenvalue weighted by atomic mass is 10.1. The van der Waals surface area contributed by atoms with Crippen LogP contribution in [-0.2, 0) is 4.74 Å². The minimum absolute atomic E-state index is 0.0643. The number of aromatic hydroxyl groups is 1. The number of hydrogen-bond donors (Lipinski definition) is 2. The highest BCUT2D eigenvalue weighted by molar-refractivity contribution is 7.17. The number of phenols is 1. The zero-order valence-corrected chi connectivity index (χ0v) is 15.3. The number of nitrogens with one attached hydrogen (secondary N) is 1. The number of nitrogens with zero attached hydrogens (tertiary/aromatic N) is 3. The Kier molecular flexibility index (Phi) is 5.83. The highest BCUT2D eigenvalue weighted by Crippen LogP contribution is 2.30. The molecular formula is C18H20N4O3S. The fraction of sp³-hybridized carbons (Fsp3) is 0.389. The summed E-state index contributed by atoms with van der Waals surface area (Å²) < 4.78 is 5.31. The topological polar surface area (TPSA) is 98.5 Å². The number of amides is 1. The quantitative estimate of drug-likeness (QED) is 0.830. The first kappa shape index (κ1) is 18.3. The molecule has 7 nitrogen and oxygen atoms in total. The zero-order valence-electron chi connectivity index (χ0n) is 14.5. The molecule has 136 valence electrons. The van der Waals surface area contributed by atoms with Crippen LogP contribution in [0.1, 0.15) is 20.9 Å². The third kappa shape index (κ3) is 4.19. The first-order valence-corrected chi connectivity index (χ1v) is 9.19. The van der Waals surface area contributed by atoms with Crippen LogP contribution in [-0.4, -0.2) is 60.3 Å². The smallest absolute Gasteiger partial charge is 0.263 e. The lowest BCUT2D eigenvalue weighted by Gasteiger charge is -2.26. The Hall–Kier alpha value is -2.47. The number of nitriles is 1. The third-order valence-corrected chi connectivity index (χ3v) is 5.39. The summed E-state index contributed by atoms with van der Waals surface area (Å²) in [6.45, 7) is 6.42. The SMILES string of the molecule is Cc1nc(-c2ccc(O)c(C#N)c2)sc1C(=O)NCCN1CCOCC1. The van der Waals surface area contributed by atoms with E-state index >= 15 is 0 Å². The van der Waals surface area contributed by atoms with Gasteiger partial charge in [0.2, 0.25) is 0 Å². The molecule has 8 heteroatoms. The Morgan fingerprint density at radius 1 is 1.46 bits per heavy atom. The van der Waals surface area contributed by atoms with Crippen molar-refractivity contribution in [2.75, 3.05) is 39.4 Å². The average molecular weight is 372 g/mol. The molecule has 1 fully saturated rings. The van der Waals surface area contributed by atoms with Gasteiger partial charge in [-0.3, -0.25) is 9.69 Å². The number of carbonyl (C=O) groups is 1. The predicted molar refractivity (Wildman–Crippen MR) is 98.3 cm³/mol. The van der Waals surface area contributed by atoms with E-state index < -0.39 is 0 Å². The maximum atomic E-state index is 12.5. The summed E-state index contributed by atoms with van der Waals surface area (Å²) in [6, 6.07) is 6.67. The normalized spacial score (nSPS) is 14.8. The van der Waals surface area contributed by atoms with Crippen LogP contribution in [0.2, 0.25) is 0 Å². The standard InChI is InChI=1S/C18H20N4O3S/c1-12-16(17(24)20-4-5-22-6-8-25-9-7-22)26-18(21-12)13-2-3-15(23)14(10-13)11-19/h2-3,10,23H,4-9H2,1H3,(H,20,24). The molecule has 0 aliphatic carbocycles. The van der Waals surface area contributed by atoms with E-state index in [0.29, 0.717) is 27.7 Å². The van der Waals surface area contributed by atoms with Crippen molar-refractivity contribution in [1.82, 2.24) is 15.2 Å². The van der Waals surface area contributed by atoms with Crippen LogP contribution >= 0.6 is 11.3 Å². The number of aromatic nitrogens is 1. The van der Waals surface area contributed by atoms with Gasteiger partial charge in [-0.05, 0) is 25.1 Å². The molecule has 2 heterocycles. The second-order valence-electron chi connectivity index (χ2n) is 5.99. The van der Waals surface area contributed by atoms with Crippen molar-refractivity contribution in [3.63, 3.8) is 0 Å². The van der Waals surface area contributed by atoms with Crippen molar-refractivity contribution >= 4 is 17.2 Å². The van der Waals surface area contributed by atoms with Gasteiger partial charge in [-0.25, -0.2) is 4.98 Å². The molecule has 0 unspecified atom stereocenters. The van der Waals surface area contributed by atoms with Gasteiger partial charge in [0.15, 0.2) is 0 Å². The van der Waals surface area contributed by atoms with Crippen LogP contribution in [0.15, 0.2) is 18.2 Å². The van der Waals surface area contributed by atoms with Gasteiger partial charge < -0.3 is 15.2 Å². The fourth-order valence-corrected chi connectivity index (χ4v) is 3.70. The van der Waals surface area contributed by atoms with Crippen molar-refractivity contribution in [2.45, 2.75) is 6.92 Å². The van der Waals surface area contributed by atoms with Gasteiger partial charge in [-0.15, -0.1) is 11.3 Å². The van der Waals surface area contributed by atoms with Gasteiger partial charge in [0.25, 0.3) is 5.91 Å². The van der Waals surface area contributed by atoms with E-state index in [1.807, 2.05) is 6.07 Å². The lowest BCUT2D eigenvalue weighted by molar-refractivity contribution is 0.0383. The van der Waals surface area contributed by atoms with Crippen LogP contribution < -0.4 is 5.32 Å². The molecule has 2 aromatic rings. The molecule has 1 amide bonds. The van der Waals surface area contributed by atoms with E-state index in [0.717, 1.165) is 32.8 Å². The van der Waals surface area contributed by atoms with Crippen LogP contribution in [0, 0.1) is 18.3 Å². The van der Waals surface area contributed by atoms with Crippen molar-refractivity contribution in [3.8, 4) is 22.4 Å². The Morgan fingerprint density at radius 2 is 2.23 bits per heavy atom.